The second-order valence-corrected chi connectivity index (χ2v) is 4.67. The van der Waals surface area contributed by atoms with E-state index in [0.29, 0.717) is 11.4 Å². The number of nitrogens with one attached hydrogen (secondary N) is 1. The molecule has 0 aliphatic rings. The number of nitrogen functional groups attached to an aromatic ring is 1. The Labute approximate surface area is 89.8 Å². The summed E-state index contributed by atoms with van der Waals surface area (Å²) in [5.74, 6) is 0.00102. The number of aromatic nitrogens is 1. The summed E-state index contributed by atoms with van der Waals surface area (Å²) < 4.78 is 5.26. The molecule has 0 bridgehead atoms. The van der Waals surface area contributed by atoms with E-state index in [2.05, 4.69) is 4.98 Å². The van der Waals surface area contributed by atoms with Crippen LogP contribution in [0.25, 0.3) is 0 Å². The van der Waals surface area contributed by atoms with Gasteiger partial charge in [0.05, 0.1) is 0 Å². The summed E-state index contributed by atoms with van der Waals surface area (Å²) in [4.78, 5) is 14.7. The minimum Gasteiger partial charge on any atom is -0.456 e. The maximum absolute atomic E-state index is 11.8. The lowest BCUT2D eigenvalue weighted by molar-refractivity contribution is 0.00703. The van der Waals surface area contributed by atoms with Gasteiger partial charge in [-0.15, -0.1) is 0 Å². The highest BCUT2D eigenvalue weighted by Crippen LogP contribution is 2.22. The van der Waals surface area contributed by atoms with Crippen LogP contribution in [-0.4, -0.2) is 16.6 Å². The topological polar surface area (TPSA) is 68.1 Å². The van der Waals surface area contributed by atoms with Crippen molar-refractivity contribution in [3.63, 3.8) is 0 Å². The Morgan fingerprint density at radius 1 is 1.33 bits per heavy atom. The highest BCUT2D eigenvalue weighted by Gasteiger charge is 2.23. The Balaban J connectivity index is 3.02. The highest BCUT2D eigenvalue weighted by atomic mass is 16.6. The Morgan fingerprint density at radius 2 is 1.87 bits per heavy atom. The van der Waals surface area contributed by atoms with Gasteiger partial charge >= 0.3 is 5.97 Å². The molecular weight excluding hydrogens is 192 g/mol. The molecule has 0 unspecified atom stereocenters. The van der Waals surface area contributed by atoms with Crippen LogP contribution in [-0.2, 0) is 4.74 Å². The summed E-state index contributed by atoms with van der Waals surface area (Å²) in [5.41, 5.74) is 7.40. The molecule has 0 atom stereocenters. The molecule has 1 aromatic heterocycles. The predicted molar refractivity (Wildman–Crippen MR) is 59.8 cm³/mol. The maximum Gasteiger partial charge on any atom is 0.342 e. The van der Waals surface area contributed by atoms with E-state index < -0.39 is 5.60 Å². The van der Waals surface area contributed by atoms with E-state index in [1.807, 2.05) is 34.6 Å². The van der Waals surface area contributed by atoms with Crippen LogP contribution in [0.5, 0.6) is 0 Å². The van der Waals surface area contributed by atoms with Gasteiger partial charge in [0, 0.05) is 5.69 Å². The molecule has 3 N–H and O–H groups in total. The van der Waals surface area contributed by atoms with E-state index in [0.717, 1.165) is 11.3 Å². The van der Waals surface area contributed by atoms with E-state index in [1.54, 1.807) is 0 Å². The van der Waals surface area contributed by atoms with Gasteiger partial charge in [-0.25, -0.2) is 4.79 Å². The largest absolute Gasteiger partial charge is 0.456 e. The summed E-state index contributed by atoms with van der Waals surface area (Å²) in [7, 11) is 0. The van der Waals surface area contributed by atoms with Crippen LogP contribution in [0, 0.1) is 13.8 Å². The van der Waals surface area contributed by atoms with Gasteiger partial charge in [-0.05, 0) is 40.2 Å². The fraction of sp³-hybridized carbons (Fsp3) is 0.545. The lowest BCUT2D eigenvalue weighted by Crippen LogP contribution is -2.24. The minimum absolute atomic E-state index is 0.373. The standard InChI is InChI=1S/C11H18N2O2/c1-6-7(2)13-9(12)8(6)10(14)15-11(3,4)5/h13H,12H2,1-5H3. The number of esters is 1. The number of carbonyl (C=O) groups is 1. The Kier molecular flexibility index (Phi) is 2.79. The van der Waals surface area contributed by atoms with Gasteiger partial charge in [0.25, 0.3) is 0 Å². The van der Waals surface area contributed by atoms with Gasteiger partial charge in [-0.2, -0.15) is 0 Å². The number of nitrogens with two attached hydrogens (primary N) is 1. The molecule has 0 aliphatic heterocycles. The molecule has 0 radical (unpaired) electrons. The van der Waals surface area contributed by atoms with Crippen LogP contribution in [0.4, 0.5) is 5.82 Å². The number of aromatic amines is 1. The number of anilines is 1. The quantitative estimate of drug-likeness (QED) is 0.698. The summed E-state index contributed by atoms with van der Waals surface area (Å²) >= 11 is 0. The molecular formula is C11H18N2O2. The third kappa shape index (κ3) is 2.52. The van der Waals surface area contributed by atoms with Gasteiger partial charge in [0.1, 0.15) is 17.0 Å². The molecule has 4 heteroatoms. The SMILES string of the molecule is Cc1[nH]c(N)c(C(=O)OC(C)(C)C)c1C. The fourth-order valence-corrected chi connectivity index (χ4v) is 1.34. The number of hydrogen-bond acceptors (Lipinski definition) is 3. The maximum atomic E-state index is 11.8. The smallest absolute Gasteiger partial charge is 0.342 e. The molecule has 15 heavy (non-hydrogen) atoms. The van der Waals surface area contributed by atoms with E-state index in [1.165, 1.54) is 0 Å². The monoisotopic (exact) mass is 210 g/mol. The van der Waals surface area contributed by atoms with Crippen molar-refractivity contribution in [3.8, 4) is 0 Å². The molecule has 1 heterocycles. The number of ether oxygens (including phenoxy) is 1. The minimum atomic E-state index is -0.499. The first-order valence-electron chi connectivity index (χ1n) is 4.90. The van der Waals surface area contributed by atoms with Crippen molar-refractivity contribution in [2.24, 2.45) is 0 Å². The average molecular weight is 210 g/mol. The van der Waals surface area contributed by atoms with E-state index in [-0.39, 0.29) is 5.97 Å². The Bertz CT molecular complexity index is 386. The molecule has 0 saturated carbocycles. The number of rotatable bonds is 1. The molecule has 4 nitrogen and oxygen atoms in total. The van der Waals surface area contributed by atoms with Crippen molar-refractivity contribution in [2.45, 2.75) is 40.2 Å². The van der Waals surface area contributed by atoms with Crippen molar-refractivity contribution >= 4 is 11.8 Å². The third-order valence-electron chi connectivity index (χ3n) is 2.13. The first kappa shape index (κ1) is 11.6. The van der Waals surface area contributed by atoms with Crippen molar-refractivity contribution in [1.29, 1.82) is 0 Å². The van der Waals surface area contributed by atoms with Crippen LogP contribution in [0.15, 0.2) is 0 Å². The van der Waals surface area contributed by atoms with Gasteiger partial charge < -0.3 is 15.5 Å². The Hall–Kier alpha value is -1.45. The van der Waals surface area contributed by atoms with Crippen LogP contribution in [0.2, 0.25) is 0 Å². The van der Waals surface area contributed by atoms with Crippen molar-refractivity contribution < 1.29 is 9.53 Å². The molecule has 0 fully saturated rings. The van der Waals surface area contributed by atoms with Crippen molar-refractivity contribution in [1.82, 2.24) is 4.98 Å². The number of hydrogen-bond donors (Lipinski definition) is 2. The van der Waals surface area contributed by atoms with E-state index in [9.17, 15) is 4.79 Å². The van der Waals surface area contributed by atoms with Gasteiger partial charge in [0.15, 0.2) is 0 Å². The lowest BCUT2D eigenvalue weighted by atomic mass is 10.1. The second-order valence-electron chi connectivity index (χ2n) is 4.67. The fourth-order valence-electron chi connectivity index (χ4n) is 1.34. The molecule has 1 aromatic rings. The molecule has 1 rings (SSSR count). The second kappa shape index (κ2) is 3.61. The normalized spacial score (nSPS) is 11.5. The summed E-state index contributed by atoms with van der Waals surface area (Å²) in [6.07, 6.45) is 0. The van der Waals surface area contributed by atoms with Crippen LogP contribution in [0.3, 0.4) is 0 Å². The van der Waals surface area contributed by atoms with Crippen LogP contribution in [0.1, 0.15) is 42.4 Å². The third-order valence-corrected chi connectivity index (χ3v) is 2.13. The predicted octanol–water partition coefficient (Wildman–Crippen LogP) is 2.17. The first-order chi connectivity index (χ1) is 6.72. The number of H-pyrrole nitrogens is 1. The van der Waals surface area contributed by atoms with Crippen molar-refractivity contribution in [2.75, 3.05) is 5.73 Å². The van der Waals surface area contributed by atoms with E-state index in [4.69, 9.17) is 10.5 Å². The molecule has 84 valence electrons. The molecule has 0 amide bonds. The van der Waals surface area contributed by atoms with Crippen molar-refractivity contribution in [3.05, 3.63) is 16.8 Å². The van der Waals surface area contributed by atoms with Gasteiger partial charge in [-0.3, -0.25) is 0 Å². The average Bonchev–Trinajstić information content (AvgIpc) is 2.22. The van der Waals surface area contributed by atoms with Crippen LogP contribution >= 0.6 is 0 Å². The zero-order valence-electron chi connectivity index (χ0n) is 9.89. The highest BCUT2D eigenvalue weighted by molar-refractivity contribution is 5.96. The first-order valence-corrected chi connectivity index (χ1v) is 4.90. The summed E-state index contributed by atoms with van der Waals surface area (Å²) in [6.45, 7) is 9.21. The van der Waals surface area contributed by atoms with Crippen LogP contribution < -0.4 is 5.73 Å². The van der Waals surface area contributed by atoms with Gasteiger partial charge in [0.2, 0.25) is 0 Å². The molecule has 0 aliphatic carbocycles. The molecule has 0 aromatic carbocycles. The molecule has 0 saturated heterocycles. The number of carbonyl (C=O) groups excluding carboxylic acids is 1. The molecule has 0 spiro atoms. The van der Waals surface area contributed by atoms with Gasteiger partial charge in [-0.1, -0.05) is 0 Å². The zero-order valence-corrected chi connectivity index (χ0v) is 9.89. The van der Waals surface area contributed by atoms with E-state index >= 15 is 0 Å². The number of aryl methyl sites for hydroxylation is 1. The zero-order chi connectivity index (χ0) is 11.8. The summed E-state index contributed by atoms with van der Waals surface area (Å²) in [6, 6.07) is 0. The Morgan fingerprint density at radius 3 is 2.20 bits per heavy atom. The summed E-state index contributed by atoms with van der Waals surface area (Å²) in [5, 5.41) is 0. The lowest BCUT2D eigenvalue weighted by Gasteiger charge is -2.19.